The lowest BCUT2D eigenvalue weighted by Gasteiger charge is -2.11. The minimum atomic E-state index is -0.561. The first-order valence-corrected chi connectivity index (χ1v) is 9.57. The van der Waals surface area contributed by atoms with Crippen molar-refractivity contribution >= 4 is 61.1 Å². The van der Waals surface area contributed by atoms with Gasteiger partial charge in [-0.1, -0.05) is 11.6 Å². The molecule has 0 aliphatic carbocycles. The molecule has 0 saturated carbocycles. The molecule has 2 aromatic carbocycles. The lowest BCUT2D eigenvalue weighted by atomic mass is 10.1. The second-order valence-corrected chi connectivity index (χ2v) is 7.57. The number of hydrogen-bond donors (Lipinski definition) is 1. The molecule has 0 unspecified atom stereocenters. The van der Waals surface area contributed by atoms with E-state index in [9.17, 15) is 10.1 Å². The van der Waals surface area contributed by atoms with E-state index in [1.165, 1.54) is 20.3 Å². The monoisotopic (exact) mass is 512 g/mol. The van der Waals surface area contributed by atoms with Crippen molar-refractivity contribution in [1.82, 2.24) is 0 Å². The van der Waals surface area contributed by atoms with Gasteiger partial charge in [0.1, 0.15) is 11.6 Å². The number of nitrogens with zero attached hydrogens (tertiary/aromatic N) is 1. The van der Waals surface area contributed by atoms with Crippen LogP contribution in [0, 0.1) is 18.3 Å². The average Bonchev–Trinajstić information content (AvgIpc) is 2.63. The number of carbonyl (C=O) groups excluding carboxylic acids is 1. The van der Waals surface area contributed by atoms with Gasteiger partial charge >= 0.3 is 0 Å². The summed E-state index contributed by atoms with van der Waals surface area (Å²) >= 11 is 13.1. The predicted octanol–water partition coefficient (Wildman–Crippen LogP) is 5.74. The minimum Gasteiger partial charge on any atom is -0.493 e. The van der Waals surface area contributed by atoms with Gasteiger partial charge in [-0.25, -0.2) is 0 Å². The number of ether oxygens (including phenoxy) is 2. The van der Waals surface area contributed by atoms with E-state index in [1.54, 1.807) is 12.1 Å². The molecule has 0 fully saturated rings. The molecule has 140 valence electrons. The number of nitriles is 1. The van der Waals surface area contributed by atoms with Crippen LogP contribution in [0.25, 0.3) is 6.08 Å². The highest BCUT2D eigenvalue weighted by atomic mass is 79.9. The fraction of sp³-hybridized carbons (Fsp3) is 0.158. The third-order valence-electron chi connectivity index (χ3n) is 3.59. The summed E-state index contributed by atoms with van der Waals surface area (Å²) < 4.78 is 11.8. The van der Waals surface area contributed by atoms with E-state index < -0.39 is 5.91 Å². The summed E-state index contributed by atoms with van der Waals surface area (Å²) in [5, 5.41) is 12.5. The molecule has 1 N–H and O–H groups in total. The number of aryl methyl sites for hydroxylation is 1. The number of carbonyl (C=O) groups is 1. The standard InChI is InChI=1S/C19H15Br2ClN2O3/c1-10-4-13(20)18(14(21)5-10)24-19(25)12(9-23)6-11-7-16(26-2)17(27-3)8-15(11)22/h4-8H,1-3H3,(H,24,25)/b12-6+. The van der Waals surface area contributed by atoms with Crippen LogP contribution >= 0.6 is 43.5 Å². The zero-order chi connectivity index (χ0) is 20.1. The van der Waals surface area contributed by atoms with Crippen molar-refractivity contribution in [3.05, 3.63) is 54.9 Å². The van der Waals surface area contributed by atoms with E-state index in [1.807, 2.05) is 25.1 Å². The third kappa shape index (κ3) is 5.04. The molecule has 2 aromatic rings. The van der Waals surface area contributed by atoms with Crippen LogP contribution in [0.3, 0.4) is 0 Å². The molecule has 2 rings (SSSR count). The van der Waals surface area contributed by atoms with Crippen LogP contribution in [-0.2, 0) is 4.79 Å². The van der Waals surface area contributed by atoms with Crippen LogP contribution in [0.4, 0.5) is 5.69 Å². The molecule has 0 bridgehead atoms. The van der Waals surface area contributed by atoms with Gasteiger partial charge in [-0.15, -0.1) is 0 Å². The number of methoxy groups -OCH3 is 2. The molecule has 8 heteroatoms. The summed E-state index contributed by atoms with van der Waals surface area (Å²) in [4.78, 5) is 12.6. The van der Waals surface area contributed by atoms with E-state index in [2.05, 4.69) is 37.2 Å². The van der Waals surface area contributed by atoms with Crippen molar-refractivity contribution in [2.45, 2.75) is 6.92 Å². The number of benzene rings is 2. The molecule has 0 heterocycles. The third-order valence-corrected chi connectivity index (χ3v) is 5.17. The number of amides is 1. The number of hydrogen-bond acceptors (Lipinski definition) is 4. The van der Waals surface area contributed by atoms with Crippen molar-refractivity contribution in [3.8, 4) is 17.6 Å². The van der Waals surface area contributed by atoms with Crippen molar-refractivity contribution in [2.75, 3.05) is 19.5 Å². The van der Waals surface area contributed by atoms with E-state index >= 15 is 0 Å². The van der Waals surface area contributed by atoms with Crippen LogP contribution in [0.15, 0.2) is 38.8 Å². The summed E-state index contributed by atoms with van der Waals surface area (Å²) in [6, 6.07) is 8.79. The zero-order valence-corrected chi connectivity index (χ0v) is 18.6. The lowest BCUT2D eigenvalue weighted by Crippen LogP contribution is -2.14. The van der Waals surface area contributed by atoms with Gasteiger partial charge in [-0.2, -0.15) is 5.26 Å². The summed E-state index contributed by atoms with van der Waals surface area (Å²) in [5.41, 5.74) is 1.90. The molecule has 27 heavy (non-hydrogen) atoms. The maximum Gasteiger partial charge on any atom is 0.266 e. The molecule has 0 spiro atoms. The Hall–Kier alpha value is -2.01. The fourth-order valence-electron chi connectivity index (χ4n) is 2.28. The molecular weight excluding hydrogens is 499 g/mol. The van der Waals surface area contributed by atoms with Crippen molar-refractivity contribution < 1.29 is 14.3 Å². The highest BCUT2D eigenvalue weighted by molar-refractivity contribution is 9.11. The SMILES string of the molecule is COc1cc(Cl)c(/C=C(\C#N)C(=O)Nc2c(Br)cc(C)cc2Br)cc1OC. The normalized spacial score (nSPS) is 10.9. The number of rotatable bonds is 5. The Morgan fingerprint density at radius 1 is 1.15 bits per heavy atom. The Balaban J connectivity index is 2.40. The Morgan fingerprint density at radius 2 is 1.70 bits per heavy atom. The van der Waals surface area contributed by atoms with Gasteiger partial charge in [0.05, 0.1) is 24.9 Å². The molecule has 0 aromatic heterocycles. The van der Waals surface area contributed by atoms with Gasteiger partial charge in [-0.05, 0) is 74.2 Å². The maximum atomic E-state index is 12.6. The summed E-state index contributed by atoms with van der Waals surface area (Å²) in [6.07, 6.45) is 1.40. The second-order valence-electron chi connectivity index (χ2n) is 5.46. The van der Waals surface area contributed by atoms with E-state index in [4.69, 9.17) is 21.1 Å². The molecular formula is C19H15Br2ClN2O3. The van der Waals surface area contributed by atoms with Gasteiger partial charge in [0.25, 0.3) is 5.91 Å². The summed E-state index contributed by atoms with van der Waals surface area (Å²) in [5.74, 6) is 0.332. The van der Waals surface area contributed by atoms with Gasteiger partial charge in [0, 0.05) is 15.0 Å². The molecule has 0 atom stereocenters. The summed E-state index contributed by atoms with van der Waals surface area (Å²) in [7, 11) is 2.98. The molecule has 0 aliphatic rings. The van der Waals surface area contributed by atoms with E-state index in [-0.39, 0.29) is 5.57 Å². The Morgan fingerprint density at radius 3 is 2.22 bits per heavy atom. The first-order chi connectivity index (χ1) is 12.8. The summed E-state index contributed by atoms with van der Waals surface area (Å²) in [6.45, 7) is 1.93. The second kappa shape index (κ2) is 9.27. The Labute approximate surface area is 179 Å². The molecule has 5 nitrogen and oxygen atoms in total. The number of halogens is 3. The Bertz CT molecular complexity index is 945. The topological polar surface area (TPSA) is 71.3 Å². The van der Waals surface area contributed by atoms with E-state index in [0.717, 1.165) is 5.56 Å². The van der Waals surface area contributed by atoms with Gasteiger partial charge in [-0.3, -0.25) is 4.79 Å². The highest BCUT2D eigenvalue weighted by Crippen LogP contribution is 2.35. The van der Waals surface area contributed by atoms with Gasteiger partial charge in [0.2, 0.25) is 0 Å². The van der Waals surface area contributed by atoms with Crippen molar-refractivity contribution in [3.63, 3.8) is 0 Å². The van der Waals surface area contributed by atoms with Crippen molar-refractivity contribution in [1.29, 1.82) is 5.26 Å². The Kier molecular flexibility index (Phi) is 7.31. The first kappa shape index (κ1) is 21.3. The maximum absolute atomic E-state index is 12.6. The van der Waals surface area contributed by atoms with Crippen LogP contribution in [-0.4, -0.2) is 20.1 Å². The minimum absolute atomic E-state index is 0.108. The average molecular weight is 515 g/mol. The van der Waals surface area contributed by atoms with Crippen LogP contribution in [0.2, 0.25) is 5.02 Å². The quantitative estimate of drug-likeness (QED) is 0.408. The van der Waals surface area contributed by atoms with Crippen LogP contribution in [0.5, 0.6) is 11.5 Å². The zero-order valence-electron chi connectivity index (χ0n) is 14.7. The number of anilines is 1. The highest BCUT2D eigenvalue weighted by Gasteiger charge is 2.16. The number of nitrogens with one attached hydrogen (secondary N) is 1. The molecule has 0 saturated heterocycles. The van der Waals surface area contributed by atoms with E-state index in [0.29, 0.717) is 36.7 Å². The molecule has 0 aliphatic heterocycles. The predicted molar refractivity (Wildman–Crippen MR) is 113 cm³/mol. The van der Waals surface area contributed by atoms with Crippen LogP contribution in [0.1, 0.15) is 11.1 Å². The van der Waals surface area contributed by atoms with Gasteiger partial charge < -0.3 is 14.8 Å². The molecule has 1 amide bonds. The van der Waals surface area contributed by atoms with Gasteiger partial charge in [0.15, 0.2) is 11.5 Å². The molecule has 0 radical (unpaired) electrons. The fourth-order valence-corrected chi connectivity index (χ4v) is 4.11. The largest absolute Gasteiger partial charge is 0.493 e. The van der Waals surface area contributed by atoms with Crippen LogP contribution < -0.4 is 14.8 Å². The smallest absolute Gasteiger partial charge is 0.266 e. The lowest BCUT2D eigenvalue weighted by molar-refractivity contribution is -0.112. The van der Waals surface area contributed by atoms with Crippen molar-refractivity contribution in [2.24, 2.45) is 0 Å². The first-order valence-electron chi connectivity index (χ1n) is 7.61.